The molecular formula is C20H20N4O3S2. The molecule has 0 aromatic carbocycles. The average Bonchev–Trinajstić information content (AvgIpc) is 3.48. The minimum atomic E-state index is 0.0195. The Morgan fingerprint density at radius 3 is 2.86 bits per heavy atom. The number of amides is 1. The molecule has 0 bridgehead atoms. The second kappa shape index (κ2) is 8.71. The molecule has 9 heteroatoms. The fourth-order valence-electron chi connectivity index (χ4n) is 2.99. The van der Waals surface area contributed by atoms with Crippen molar-refractivity contribution in [3.63, 3.8) is 0 Å². The van der Waals surface area contributed by atoms with Crippen molar-refractivity contribution in [1.82, 2.24) is 20.1 Å². The molecule has 1 amide bonds. The number of carbonyl (C=O) groups is 1. The van der Waals surface area contributed by atoms with E-state index in [-0.39, 0.29) is 12.5 Å². The van der Waals surface area contributed by atoms with E-state index in [1.165, 1.54) is 0 Å². The van der Waals surface area contributed by atoms with E-state index in [1.54, 1.807) is 46.0 Å². The summed E-state index contributed by atoms with van der Waals surface area (Å²) in [6, 6.07) is 7.54. The fraction of sp³-hybridized carbons (Fsp3) is 0.300. The number of thiazole rings is 1. The van der Waals surface area contributed by atoms with Crippen molar-refractivity contribution in [3.8, 4) is 22.2 Å². The molecule has 0 saturated carbocycles. The smallest absolute Gasteiger partial charge is 0.283 e. The topological polar surface area (TPSA) is 85.3 Å². The molecule has 4 aromatic rings. The molecule has 0 atom stereocenters. The van der Waals surface area contributed by atoms with Gasteiger partial charge in [-0.05, 0) is 36.9 Å². The summed E-state index contributed by atoms with van der Waals surface area (Å²) in [4.78, 5) is 21.5. The SMILES string of the molecule is CCCN(Cc1nnc(-c2ccco2)o1)C(=O)Cc1sc(C)nc1-c1cccs1. The summed E-state index contributed by atoms with van der Waals surface area (Å²) in [6.45, 7) is 4.89. The predicted octanol–water partition coefficient (Wildman–Crippen LogP) is 4.80. The van der Waals surface area contributed by atoms with Crippen LogP contribution in [0.4, 0.5) is 0 Å². The Hall–Kier alpha value is -2.78. The van der Waals surface area contributed by atoms with Crippen LogP contribution in [-0.4, -0.2) is 32.5 Å². The summed E-state index contributed by atoms with van der Waals surface area (Å²) in [5.74, 6) is 1.23. The van der Waals surface area contributed by atoms with Crippen LogP contribution in [-0.2, 0) is 17.8 Å². The fourth-order valence-corrected chi connectivity index (χ4v) is 4.73. The number of rotatable bonds is 8. The first-order valence-electron chi connectivity index (χ1n) is 9.28. The van der Waals surface area contributed by atoms with Gasteiger partial charge in [0.25, 0.3) is 5.89 Å². The van der Waals surface area contributed by atoms with Gasteiger partial charge >= 0.3 is 0 Å². The average molecular weight is 429 g/mol. The van der Waals surface area contributed by atoms with Crippen molar-refractivity contribution in [2.24, 2.45) is 0 Å². The minimum absolute atomic E-state index is 0.0195. The Morgan fingerprint density at radius 2 is 2.14 bits per heavy atom. The molecule has 0 aliphatic heterocycles. The number of thiophene rings is 1. The zero-order chi connectivity index (χ0) is 20.2. The highest BCUT2D eigenvalue weighted by Crippen LogP contribution is 2.32. The van der Waals surface area contributed by atoms with Gasteiger partial charge < -0.3 is 13.7 Å². The molecule has 29 heavy (non-hydrogen) atoms. The summed E-state index contributed by atoms with van der Waals surface area (Å²) in [6.07, 6.45) is 2.69. The molecule has 0 N–H and O–H groups in total. The van der Waals surface area contributed by atoms with Crippen LogP contribution in [0.1, 0.15) is 29.1 Å². The quantitative estimate of drug-likeness (QED) is 0.401. The van der Waals surface area contributed by atoms with Crippen LogP contribution >= 0.6 is 22.7 Å². The summed E-state index contributed by atoms with van der Waals surface area (Å²) in [5.41, 5.74) is 0.908. The number of carbonyl (C=O) groups excluding carboxylic acids is 1. The Kier molecular flexibility index (Phi) is 5.86. The Labute approximate surface area is 176 Å². The van der Waals surface area contributed by atoms with Crippen molar-refractivity contribution in [2.45, 2.75) is 33.2 Å². The lowest BCUT2D eigenvalue weighted by atomic mass is 10.2. The van der Waals surface area contributed by atoms with Gasteiger partial charge in [0.15, 0.2) is 5.76 Å². The van der Waals surface area contributed by atoms with Crippen LogP contribution in [0.2, 0.25) is 0 Å². The van der Waals surface area contributed by atoms with E-state index in [9.17, 15) is 4.79 Å². The van der Waals surface area contributed by atoms with E-state index < -0.39 is 0 Å². The van der Waals surface area contributed by atoms with Gasteiger partial charge in [0, 0.05) is 11.4 Å². The zero-order valence-corrected chi connectivity index (χ0v) is 17.8. The van der Waals surface area contributed by atoms with Gasteiger partial charge in [-0.3, -0.25) is 4.79 Å². The van der Waals surface area contributed by atoms with Gasteiger partial charge in [0.1, 0.15) is 0 Å². The summed E-state index contributed by atoms with van der Waals surface area (Å²) >= 11 is 3.20. The molecule has 0 unspecified atom stereocenters. The summed E-state index contributed by atoms with van der Waals surface area (Å²) in [5, 5.41) is 11.1. The molecule has 0 aliphatic rings. The maximum Gasteiger partial charge on any atom is 0.283 e. The standard InChI is InChI=1S/C20H20N4O3S2/c1-3-8-24(12-17-22-23-20(27-17)14-6-4-9-26-14)18(25)11-16-19(21-13(2)29-16)15-7-5-10-28-15/h4-7,9-10H,3,8,11-12H2,1-2H3. The molecule has 0 saturated heterocycles. The third-order valence-electron chi connectivity index (χ3n) is 4.24. The molecule has 4 rings (SSSR count). The van der Waals surface area contributed by atoms with Crippen molar-refractivity contribution in [3.05, 3.63) is 51.7 Å². The highest BCUT2D eigenvalue weighted by Gasteiger charge is 2.22. The molecule has 0 fully saturated rings. The predicted molar refractivity (Wildman–Crippen MR) is 112 cm³/mol. The second-order valence-corrected chi connectivity index (χ2v) is 8.69. The lowest BCUT2D eigenvalue weighted by Gasteiger charge is -2.20. The number of aryl methyl sites for hydroxylation is 1. The first-order valence-corrected chi connectivity index (χ1v) is 11.0. The lowest BCUT2D eigenvalue weighted by Crippen LogP contribution is -2.32. The third-order valence-corrected chi connectivity index (χ3v) is 6.09. The molecule has 4 aromatic heterocycles. The van der Waals surface area contributed by atoms with E-state index in [2.05, 4.69) is 15.2 Å². The Bertz CT molecular complexity index is 1070. The monoisotopic (exact) mass is 428 g/mol. The summed E-state index contributed by atoms with van der Waals surface area (Å²) < 4.78 is 11.0. The first kappa shape index (κ1) is 19.5. The van der Waals surface area contributed by atoms with Gasteiger partial charge in [-0.15, -0.1) is 32.9 Å². The number of aromatic nitrogens is 3. The minimum Gasteiger partial charge on any atom is -0.459 e. The van der Waals surface area contributed by atoms with Crippen LogP contribution in [0.25, 0.3) is 22.2 Å². The number of furan rings is 1. The van der Waals surface area contributed by atoms with Crippen LogP contribution < -0.4 is 0 Å². The van der Waals surface area contributed by atoms with Crippen molar-refractivity contribution in [2.75, 3.05) is 6.54 Å². The van der Waals surface area contributed by atoms with E-state index in [0.717, 1.165) is 26.9 Å². The molecule has 0 radical (unpaired) electrons. The molecule has 150 valence electrons. The molecule has 7 nitrogen and oxygen atoms in total. The highest BCUT2D eigenvalue weighted by molar-refractivity contribution is 7.15. The first-order chi connectivity index (χ1) is 14.1. The van der Waals surface area contributed by atoms with E-state index in [1.807, 2.05) is 31.4 Å². The number of hydrogen-bond acceptors (Lipinski definition) is 8. The van der Waals surface area contributed by atoms with E-state index in [0.29, 0.717) is 30.5 Å². The molecule has 0 aliphatic carbocycles. The Morgan fingerprint density at radius 1 is 1.24 bits per heavy atom. The molecule has 0 spiro atoms. The van der Waals surface area contributed by atoms with E-state index in [4.69, 9.17) is 8.83 Å². The second-order valence-electron chi connectivity index (χ2n) is 6.45. The van der Waals surface area contributed by atoms with Crippen LogP contribution in [0.5, 0.6) is 0 Å². The van der Waals surface area contributed by atoms with Crippen LogP contribution in [0.15, 0.2) is 44.7 Å². The zero-order valence-electron chi connectivity index (χ0n) is 16.1. The van der Waals surface area contributed by atoms with Crippen molar-refractivity contribution < 1.29 is 13.6 Å². The third kappa shape index (κ3) is 4.46. The van der Waals surface area contributed by atoms with Crippen molar-refractivity contribution in [1.29, 1.82) is 0 Å². The number of nitrogens with zero attached hydrogens (tertiary/aromatic N) is 4. The van der Waals surface area contributed by atoms with Crippen LogP contribution in [0.3, 0.4) is 0 Å². The number of hydrogen-bond donors (Lipinski definition) is 0. The maximum atomic E-state index is 13.1. The largest absolute Gasteiger partial charge is 0.459 e. The van der Waals surface area contributed by atoms with Crippen molar-refractivity contribution >= 4 is 28.6 Å². The normalized spacial score (nSPS) is 11.1. The van der Waals surface area contributed by atoms with Crippen LogP contribution in [0, 0.1) is 6.92 Å². The molecule has 4 heterocycles. The molecular weight excluding hydrogens is 408 g/mol. The van der Waals surface area contributed by atoms with Gasteiger partial charge in [-0.2, -0.15) is 0 Å². The van der Waals surface area contributed by atoms with Gasteiger partial charge in [-0.1, -0.05) is 13.0 Å². The Balaban J connectivity index is 1.50. The van der Waals surface area contributed by atoms with Gasteiger partial charge in [0.05, 0.1) is 34.8 Å². The van der Waals surface area contributed by atoms with E-state index >= 15 is 0 Å². The lowest BCUT2D eigenvalue weighted by molar-refractivity contribution is -0.131. The highest BCUT2D eigenvalue weighted by atomic mass is 32.1. The maximum absolute atomic E-state index is 13.1. The van der Waals surface area contributed by atoms with Gasteiger partial charge in [-0.25, -0.2) is 4.98 Å². The summed E-state index contributed by atoms with van der Waals surface area (Å²) in [7, 11) is 0. The van der Waals surface area contributed by atoms with Gasteiger partial charge in [0.2, 0.25) is 11.8 Å².